The molecule has 0 bridgehead atoms. The van der Waals surface area contributed by atoms with Crippen molar-refractivity contribution < 1.29 is 22.7 Å². The van der Waals surface area contributed by atoms with Gasteiger partial charge in [-0.05, 0) is 29.8 Å². The molecule has 4 rings (SSSR count). The van der Waals surface area contributed by atoms with E-state index in [0.29, 0.717) is 17.2 Å². The molecule has 0 atom stereocenters. The number of nitrogens with zero attached hydrogens (tertiary/aromatic N) is 1. The van der Waals surface area contributed by atoms with Crippen molar-refractivity contribution in [3.63, 3.8) is 0 Å². The minimum atomic E-state index is -3.95. The Labute approximate surface area is 217 Å². The molecule has 1 aliphatic rings. The first-order chi connectivity index (χ1) is 14.0. The molecule has 149 valence electrons. The predicted molar refractivity (Wildman–Crippen MR) is 114 cm³/mol. The molecule has 7 nitrogen and oxygen atoms in total. The van der Waals surface area contributed by atoms with E-state index in [1.54, 1.807) is 18.2 Å². The summed E-state index contributed by atoms with van der Waals surface area (Å²) in [4.78, 5) is 11.6. The number of nitrogens with one attached hydrogen (secondary N) is 1. The topological polar surface area (TPSA) is 84.9 Å². The van der Waals surface area contributed by atoms with Crippen LogP contribution in [0, 0.1) is 0 Å². The summed E-state index contributed by atoms with van der Waals surface area (Å²) >= 11 is 0. The zero-order valence-corrected chi connectivity index (χ0v) is 20.3. The summed E-state index contributed by atoms with van der Waals surface area (Å²) in [6.45, 7) is -0.0686. The molecule has 0 aromatic heterocycles. The molecule has 3 aromatic carbocycles. The summed E-state index contributed by atoms with van der Waals surface area (Å²) in [5.41, 5.74) is 1.19. The molecule has 0 unspecified atom stereocenters. The van der Waals surface area contributed by atoms with Crippen LogP contribution in [-0.4, -0.2) is 72.3 Å². The Morgan fingerprint density at radius 2 is 1.57 bits per heavy atom. The van der Waals surface area contributed by atoms with Crippen LogP contribution in [0.5, 0.6) is 17.2 Å². The van der Waals surface area contributed by atoms with Crippen molar-refractivity contribution in [2.24, 2.45) is 0 Å². The number of ether oxygens (including phenoxy) is 2. The van der Waals surface area contributed by atoms with Crippen LogP contribution in [0.4, 0.5) is 5.69 Å². The molecule has 0 aliphatic carbocycles. The molecule has 9 heteroatoms. The number of rotatable bonds is 6. The van der Waals surface area contributed by atoms with Crippen LogP contribution in [-0.2, 0) is 21.6 Å². The number of anilines is 1. The maximum Gasteiger partial charge on any atom is 0.326 e. The van der Waals surface area contributed by atoms with Crippen LogP contribution in [0.15, 0.2) is 78.9 Å². The summed E-state index contributed by atoms with van der Waals surface area (Å²) < 4.78 is 39.3. The molecule has 1 radical (unpaired) electrons. The summed E-state index contributed by atoms with van der Waals surface area (Å²) in [6, 6.07) is 23.5. The van der Waals surface area contributed by atoms with Gasteiger partial charge in [0.25, 0.3) is 5.91 Å². The van der Waals surface area contributed by atoms with Gasteiger partial charge >= 0.3 is 10.2 Å². The fourth-order valence-electron chi connectivity index (χ4n) is 2.90. The molecule has 0 saturated carbocycles. The number of amides is 1. The van der Waals surface area contributed by atoms with Crippen molar-refractivity contribution in [3.05, 3.63) is 84.4 Å². The molecule has 1 heterocycles. The minimum absolute atomic E-state index is 0. The van der Waals surface area contributed by atoms with Crippen LogP contribution >= 0.6 is 0 Å². The third-order valence-corrected chi connectivity index (χ3v) is 5.63. The second kappa shape index (κ2) is 9.95. The molecular weight excluding hydrogens is 431 g/mol. The first-order valence-electron chi connectivity index (χ1n) is 8.88. The average Bonchev–Trinajstić information content (AvgIpc) is 3.00. The number of para-hydroxylation sites is 1. The Balaban J connectivity index is 0.00000256. The van der Waals surface area contributed by atoms with Crippen molar-refractivity contribution >= 4 is 73.2 Å². The number of benzene rings is 3. The van der Waals surface area contributed by atoms with Crippen LogP contribution in [0.1, 0.15) is 5.56 Å². The predicted octanol–water partition coefficient (Wildman–Crippen LogP) is 2.86. The zero-order chi connectivity index (χ0) is 20.3. The maximum atomic E-state index is 12.3. The zero-order valence-electron chi connectivity index (χ0n) is 16.3. The molecule has 0 spiro atoms. The van der Waals surface area contributed by atoms with Gasteiger partial charge in [-0.25, -0.2) is 9.03 Å². The van der Waals surface area contributed by atoms with E-state index in [1.165, 1.54) is 0 Å². The molecule has 1 saturated heterocycles. The van der Waals surface area contributed by atoms with Crippen molar-refractivity contribution in [3.8, 4) is 17.2 Å². The molecule has 1 amide bonds. The van der Waals surface area contributed by atoms with Gasteiger partial charge in [0, 0.05) is 57.5 Å². The van der Waals surface area contributed by atoms with E-state index in [2.05, 4.69) is 0 Å². The van der Waals surface area contributed by atoms with Crippen LogP contribution in [0.2, 0.25) is 0 Å². The van der Waals surface area contributed by atoms with Crippen molar-refractivity contribution in [1.82, 2.24) is 4.72 Å². The second-order valence-corrected chi connectivity index (χ2v) is 7.95. The van der Waals surface area contributed by atoms with Gasteiger partial charge in [-0.15, -0.1) is 0 Å². The molecular formula is C21H18KN2O5S. The smallest absolute Gasteiger partial charge is 0.326 e. The minimum Gasteiger partial charge on any atom is -0.487 e. The van der Waals surface area contributed by atoms with Gasteiger partial charge < -0.3 is 9.47 Å². The third-order valence-electron chi connectivity index (χ3n) is 4.24. The second-order valence-electron chi connectivity index (χ2n) is 6.36. The Morgan fingerprint density at radius 3 is 2.20 bits per heavy atom. The van der Waals surface area contributed by atoms with Crippen LogP contribution in [0.3, 0.4) is 0 Å². The first-order valence-corrected chi connectivity index (χ1v) is 10.3. The molecule has 30 heavy (non-hydrogen) atoms. The van der Waals surface area contributed by atoms with Crippen LogP contribution in [0.25, 0.3) is 0 Å². The Bertz CT molecular complexity index is 1120. The van der Waals surface area contributed by atoms with Crippen LogP contribution < -0.4 is 18.5 Å². The summed E-state index contributed by atoms with van der Waals surface area (Å²) in [5.74, 6) is 0.824. The van der Waals surface area contributed by atoms with Gasteiger partial charge in [0.2, 0.25) is 0 Å². The van der Waals surface area contributed by atoms with Gasteiger partial charge in [-0.2, -0.15) is 8.42 Å². The van der Waals surface area contributed by atoms with E-state index in [9.17, 15) is 13.2 Å². The van der Waals surface area contributed by atoms with Gasteiger partial charge in [0.15, 0.2) is 0 Å². The van der Waals surface area contributed by atoms with Gasteiger partial charge in [0.1, 0.15) is 30.4 Å². The Hall–Kier alpha value is -1.88. The molecule has 3 aromatic rings. The van der Waals surface area contributed by atoms with Crippen molar-refractivity contribution in [2.75, 3.05) is 10.8 Å². The Morgan fingerprint density at radius 1 is 0.900 bits per heavy atom. The maximum absolute atomic E-state index is 12.3. The average molecular weight is 450 g/mol. The largest absolute Gasteiger partial charge is 0.487 e. The quantitative estimate of drug-likeness (QED) is 0.585. The molecule has 1 N–H and O–H groups in total. The van der Waals surface area contributed by atoms with Crippen molar-refractivity contribution in [2.45, 2.75) is 6.61 Å². The normalized spacial score (nSPS) is 14.5. The third kappa shape index (κ3) is 5.42. The number of hydrogen-bond donors (Lipinski definition) is 1. The van der Waals surface area contributed by atoms with Gasteiger partial charge in [-0.1, -0.05) is 48.5 Å². The summed E-state index contributed by atoms with van der Waals surface area (Å²) in [7, 11) is -3.95. The standard InChI is InChI=1S/C21H18N2O5S.K/c24-21-14-23(29(25,26)22-21)19-12-11-18(28-17-9-5-2-6-10-17)13-20(19)27-15-16-7-3-1-4-8-16;/h1-13H,14-15H2,(H,22,24);. The molecule has 1 fully saturated rings. The van der Waals surface area contributed by atoms with Crippen molar-refractivity contribution in [1.29, 1.82) is 0 Å². The fraction of sp³-hybridized carbons (Fsp3) is 0.0952. The monoisotopic (exact) mass is 449 g/mol. The first kappa shape index (κ1) is 22.8. The number of carbonyl (C=O) groups is 1. The number of hydrogen-bond acceptors (Lipinski definition) is 5. The fourth-order valence-corrected chi connectivity index (χ4v) is 4.06. The SMILES string of the molecule is O=C1CN(c2ccc(Oc3ccccc3)cc2OCc2ccccc2)S(=O)(=O)N1.[K]. The van der Waals surface area contributed by atoms with Gasteiger partial charge in [0.05, 0.1) is 5.69 Å². The van der Waals surface area contributed by atoms with E-state index in [-0.39, 0.29) is 70.2 Å². The summed E-state index contributed by atoms with van der Waals surface area (Å²) in [5, 5.41) is 0. The van der Waals surface area contributed by atoms with E-state index < -0.39 is 16.1 Å². The van der Waals surface area contributed by atoms with E-state index in [1.807, 2.05) is 65.4 Å². The van der Waals surface area contributed by atoms with E-state index in [0.717, 1.165) is 9.87 Å². The van der Waals surface area contributed by atoms with Gasteiger partial charge in [-0.3, -0.25) is 4.79 Å². The number of carbonyl (C=O) groups excluding carboxylic acids is 1. The summed E-state index contributed by atoms with van der Waals surface area (Å²) in [6.07, 6.45) is 0. The molecule has 1 aliphatic heterocycles. The van der Waals surface area contributed by atoms with E-state index in [4.69, 9.17) is 9.47 Å². The Kier molecular flexibility index (Phi) is 7.56. The van der Waals surface area contributed by atoms with E-state index >= 15 is 0 Å².